The van der Waals surface area contributed by atoms with E-state index in [0.29, 0.717) is 25.7 Å². The van der Waals surface area contributed by atoms with Gasteiger partial charge in [0.2, 0.25) is 0 Å². The van der Waals surface area contributed by atoms with Crippen molar-refractivity contribution in [2.75, 3.05) is 39.6 Å². The maximum absolute atomic E-state index is 13.1. The summed E-state index contributed by atoms with van der Waals surface area (Å²) in [5.41, 5.74) is 0. The van der Waals surface area contributed by atoms with Crippen molar-refractivity contribution in [3.63, 3.8) is 0 Å². The molecule has 17 nitrogen and oxygen atoms in total. The number of rotatable bonds is 75. The minimum atomic E-state index is -4.96. The van der Waals surface area contributed by atoms with Crippen LogP contribution in [0.3, 0.4) is 0 Å². The summed E-state index contributed by atoms with van der Waals surface area (Å²) in [6, 6.07) is 0. The zero-order chi connectivity index (χ0) is 70.0. The van der Waals surface area contributed by atoms with E-state index >= 15 is 0 Å². The van der Waals surface area contributed by atoms with Crippen LogP contribution in [-0.2, 0) is 65.4 Å². The van der Waals surface area contributed by atoms with Crippen LogP contribution in [0.15, 0.2) is 0 Å². The highest BCUT2D eigenvalue weighted by molar-refractivity contribution is 7.47. The summed E-state index contributed by atoms with van der Waals surface area (Å²) in [5.74, 6) is -0.486. The van der Waals surface area contributed by atoms with Crippen LogP contribution in [0.25, 0.3) is 0 Å². The average molecular weight is 1400 g/mol. The summed E-state index contributed by atoms with van der Waals surface area (Å²) in [5, 5.41) is 10.6. The largest absolute Gasteiger partial charge is 0.472 e. The molecule has 0 aliphatic carbocycles. The minimum absolute atomic E-state index is 0.107. The van der Waals surface area contributed by atoms with E-state index in [-0.39, 0.29) is 25.7 Å². The molecule has 0 fully saturated rings. The van der Waals surface area contributed by atoms with Crippen LogP contribution in [0.2, 0.25) is 0 Å². The number of esters is 4. The Bertz CT molecular complexity index is 1840. The molecule has 0 aliphatic rings. The number of hydrogen-bond donors (Lipinski definition) is 3. The summed E-state index contributed by atoms with van der Waals surface area (Å²) >= 11 is 0. The maximum Gasteiger partial charge on any atom is 0.472 e. The second-order valence-electron chi connectivity index (χ2n) is 28.1. The van der Waals surface area contributed by atoms with E-state index in [4.69, 9.17) is 37.0 Å². The van der Waals surface area contributed by atoms with Gasteiger partial charge in [-0.1, -0.05) is 343 Å². The van der Waals surface area contributed by atoms with E-state index in [2.05, 4.69) is 41.5 Å². The second-order valence-corrected chi connectivity index (χ2v) is 31.0. The smallest absolute Gasteiger partial charge is 0.462 e. The first kappa shape index (κ1) is 93.1. The Hall–Kier alpha value is -1.94. The predicted octanol–water partition coefficient (Wildman–Crippen LogP) is 22.3. The van der Waals surface area contributed by atoms with Crippen molar-refractivity contribution in [1.29, 1.82) is 0 Å². The van der Waals surface area contributed by atoms with Gasteiger partial charge in [0, 0.05) is 25.7 Å². The Morgan fingerprint density at radius 3 is 0.800 bits per heavy atom. The fraction of sp³-hybridized carbons (Fsp3) is 0.947. The van der Waals surface area contributed by atoms with Gasteiger partial charge in [-0.3, -0.25) is 37.3 Å². The third-order valence-electron chi connectivity index (χ3n) is 18.1. The second kappa shape index (κ2) is 67.9. The van der Waals surface area contributed by atoms with Crippen molar-refractivity contribution in [1.82, 2.24) is 0 Å². The normalized spacial score (nSPS) is 14.3. The molecule has 0 aromatic heterocycles. The minimum Gasteiger partial charge on any atom is -0.462 e. The van der Waals surface area contributed by atoms with Crippen molar-refractivity contribution < 1.29 is 80.2 Å². The monoisotopic (exact) mass is 1400 g/mol. The Kier molecular flexibility index (Phi) is 66.5. The molecule has 0 aliphatic heterocycles. The van der Waals surface area contributed by atoms with Crippen molar-refractivity contribution >= 4 is 39.5 Å². The molecule has 6 atom stereocenters. The Balaban J connectivity index is 5.24. The van der Waals surface area contributed by atoms with E-state index in [1.165, 1.54) is 212 Å². The number of aliphatic hydroxyl groups is 1. The zero-order valence-electron chi connectivity index (χ0n) is 62.0. The summed E-state index contributed by atoms with van der Waals surface area (Å²) in [7, 11) is -9.91. The first-order valence-electron chi connectivity index (χ1n) is 39.5. The van der Waals surface area contributed by atoms with Gasteiger partial charge in [-0.15, -0.1) is 0 Å². The average Bonchev–Trinajstić information content (AvgIpc) is 1.45. The third-order valence-corrected chi connectivity index (χ3v) is 20.0. The van der Waals surface area contributed by atoms with Crippen LogP contribution < -0.4 is 0 Å². The van der Waals surface area contributed by atoms with Gasteiger partial charge >= 0.3 is 39.5 Å². The molecule has 0 radical (unpaired) electrons. The van der Waals surface area contributed by atoms with Crippen molar-refractivity contribution in [3.8, 4) is 0 Å². The van der Waals surface area contributed by atoms with Crippen molar-refractivity contribution in [2.45, 2.75) is 413 Å². The number of hydrogen-bond acceptors (Lipinski definition) is 15. The fourth-order valence-corrected chi connectivity index (χ4v) is 13.2. The number of aliphatic hydroxyl groups excluding tert-OH is 1. The topological polar surface area (TPSA) is 237 Å². The lowest BCUT2D eigenvalue weighted by Gasteiger charge is -2.21. The lowest BCUT2D eigenvalue weighted by atomic mass is 9.99. The predicted molar refractivity (Wildman–Crippen MR) is 386 cm³/mol. The fourth-order valence-electron chi connectivity index (χ4n) is 11.6. The summed E-state index contributed by atoms with van der Waals surface area (Å²) in [6.45, 7) is 9.66. The number of carbonyl (C=O) groups excluding carboxylic acids is 4. The maximum atomic E-state index is 13.1. The number of ether oxygens (including phenoxy) is 4. The van der Waals surface area contributed by atoms with Gasteiger partial charge in [0.1, 0.15) is 19.3 Å². The molecule has 19 heteroatoms. The van der Waals surface area contributed by atoms with Crippen LogP contribution >= 0.6 is 15.6 Å². The van der Waals surface area contributed by atoms with Crippen LogP contribution in [0, 0.1) is 11.8 Å². The molecule has 0 rings (SSSR count). The van der Waals surface area contributed by atoms with Gasteiger partial charge in [0.15, 0.2) is 12.2 Å². The molecule has 3 unspecified atom stereocenters. The van der Waals surface area contributed by atoms with E-state index in [1.807, 2.05) is 0 Å². The molecule has 0 spiro atoms. The molecular weight excluding hydrogens is 1250 g/mol. The molecule has 3 N–H and O–H groups in total. The van der Waals surface area contributed by atoms with Gasteiger partial charge in [-0.05, 0) is 37.5 Å². The summed E-state index contributed by atoms with van der Waals surface area (Å²) < 4.78 is 68.5. The highest BCUT2D eigenvalue weighted by Crippen LogP contribution is 2.45. The molecule has 0 bridgehead atoms. The van der Waals surface area contributed by atoms with Gasteiger partial charge in [-0.25, -0.2) is 9.13 Å². The molecule has 95 heavy (non-hydrogen) atoms. The van der Waals surface area contributed by atoms with Gasteiger partial charge in [-0.2, -0.15) is 0 Å². The molecule has 0 saturated carbocycles. The number of carbonyl (C=O) groups is 4. The molecule has 0 aromatic rings. The number of phosphoric ester groups is 2. The van der Waals surface area contributed by atoms with Crippen LogP contribution in [-0.4, -0.2) is 96.7 Å². The summed E-state index contributed by atoms with van der Waals surface area (Å²) in [4.78, 5) is 72.8. The van der Waals surface area contributed by atoms with Gasteiger partial charge in [0.25, 0.3) is 0 Å². The lowest BCUT2D eigenvalue weighted by molar-refractivity contribution is -0.161. The molecule has 0 saturated heterocycles. The Morgan fingerprint density at radius 1 is 0.305 bits per heavy atom. The first-order valence-corrected chi connectivity index (χ1v) is 42.5. The molecule has 0 aromatic carbocycles. The van der Waals surface area contributed by atoms with E-state index in [9.17, 15) is 43.2 Å². The van der Waals surface area contributed by atoms with E-state index < -0.39 is 97.5 Å². The Morgan fingerprint density at radius 2 is 0.537 bits per heavy atom. The lowest BCUT2D eigenvalue weighted by Crippen LogP contribution is -2.30. The van der Waals surface area contributed by atoms with E-state index in [1.54, 1.807) is 0 Å². The highest BCUT2D eigenvalue weighted by atomic mass is 31.2. The van der Waals surface area contributed by atoms with E-state index in [0.717, 1.165) is 102 Å². The van der Waals surface area contributed by atoms with Gasteiger partial charge < -0.3 is 33.8 Å². The van der Waals surface area contributed by atoms with Crippen LogP contribution in [0.4, 0.5) is 0 Å². The highest BCUT2D eigenvalue weighted by Gasteiger charge is 2.30. The zero-order valence-corrected chi connectivity index (χ0v) is 63.8. The molecular formula is C76H148O17P2. The van der Waals surface area contributed by atoms with Crippen LogP contribution in [0.5, 0.6) is 0 Å². The summed E-state index contributed by atoms with van der Waals surface area (Å²) in [6.07, 6.45) is 55.3. The molecule has 0 heterocycles. The molecule has 0 amide bonds. The quantitative estimate of drug-likeness (QED) is 0.0222. The van der Waals surface area contributed by atoms with Gasteiger partial charge in [0.05, 0.1) is 26.4 Å². The Labute approximate surface area is 581 Å². The first-order chi connectivity index (χ1) is 45.9. The van der Waals surface area contributed by atoms with Crippen molar-refractivity contribution in [2.24, 2.45) is 11.8 Å². The standard InChI is InChI=1S/C76H148O17P2/c1-7-10-12-14-16-18-20-29-36-42-48-54-60-75(80)92-71(64-86-73(78)58-52-46-40-34-19-17-15-13-11-8-2)66-90-94(82,83)88-62-70(77)63-89-95(84,85)91-67-72(65-87-74(79)59-53-47-41-35-30-26-25-27-32-38-44-50-56-68(4)5)93-76(81)61-55-49-43-37-31-24-22-21-23-28-33-39-45-51-57-69(6)9-3/h68-72,77H,7-67H2,1-6H3,(H,82,83)(H,84,85)/t69?,70-,71+,72+/m0/s1. The third kappa shape index (κ3) is 69.0. The van der Waals surface area contributed by atoms with Crippen LogP contribution in [0.1, 0.15) is 395 Å². The number of unbranched alkanes of at least 4 members (excludes halogenated alkanes) is 44. The number of phosphoric acid groups is 2. The molecule has 564 valence electrons. The van der Waals surface area contributed by atoms with Crippen molar-refractivity contribution in [3.05, 3.63) is 0 Å². The SMILES string of the molecule is CCCCCCCCCCCCCCC(=O)O[C@H](COC(=O)CCCCCCCCCCCC)COP(=O)(O)OC[C@H](O)COP(=O)(O)OC[C@@H](COC(=O)CCCCCCCCCCCCCCC(C)C)OC(=O)CCCCCCCCCCCCCCCCC(C)CC.